The zero-order valence-electron chi connectivity index (χ0n) is 9.78. The van der Waals surface area contributed by atoms with Gasteiger partial charge in [-0.2, -0.15) is 8.42 Å². The molecule has 0 radical (unpaired) electrons. The lowest BCUT2D eigenvalue weighted by Crippen LogP contribution is -2.38. The molecular weight excluding hydrogens is 226 g/mol. The largest absolute Gasteiger partial charge is 0.311 e. The Balaban J connectivity index is 1.75. The van der Waals surface area contributed by atoms with Crippen LogP contribution in [0.4, 0.5) is 0 Å². The van der Waals surface area contributed by atoms with E-state index >= 15 is 0 Å². The fraction of sp³-hybridized carbons (Fsp3) is 1.00. The van der Waals surface area contributed by atoms with Crippen molar-refractivity contribution in [3.05, 3.63) is 0 Å². The summed E-state index contributed by atoms with van der Waals surface area (Å²) in [5.74, 6) is 1.46. The van der Waals surface area contributed by atoms with Gasteiger partial charge in [0, 0.05) is 5.54 Å². The zero-order chi connectivity index (χ0) is 11.8. The lowest BCUT2D eigenvalue weighted by molar-refractivity contribution is 0.341. The smallest absolute Gasteiger partial charge is 0.264 e. The Labute approximate surface area is 97.6 Å². The van der Waals surface area contributed by atoms with E-state index in [2.05, 4.69) is 12.2 Å². The van der Waals surface area contributed by atoms with Gasteiger partial charge in [-0.1, -0.05) is 13.3 Å². The van der Waals surface area contributed by atoms with Crippen molar-refractivity contribution in [1.82, 2.24) is 5.32 Å². The molecule has 0 aromatic heterocycles. The third-order valence-electron chi connectivity index (χ3n) is 4.27. The van der Waals surface area contributed by atoms with E-state index in [0.717, 1.165) is 11.8 Å². The predicted molar refractivity (Wildman–Crippen MR) is 62.9 cm³/mol. The number of nitrogens with one attached hydrogen (secondary N) is 1. The minimum Gasteiger partial charge on any atom is -0.311 e. The first kappa shape index (κ1) is 12.3. The molecule has 0 heterocycles. The van der Waals surface area contributed by atoms with Gasteiger partial charge < -0.3 is 5.32 Å². The summed E-state index contributed by atoms with van der Waals surface area (Å²) in [5.41, 5.74) is 0.327. The molecule has 0 aromatic rings. The van der Waals surface area contributed by atoms with Crippen molar-refractivity contribution >= 4 is 10.1 Å². The normalized spacial score (nSPS) is 37.4. The monoisotopic (exact) mass is 247 g/mol. The van der Waals surface area contributed by atoms with Gasteiger partial charge in [-0.05, 0) is 44.1 Å². The second-order valence-electron chi connectivity index (χ2n) is 5.19. The van der Waals surface area contributed by atoms with E-state index in [4.69, 9.17) is 4.55 Å². The van der Waals surface area contributed by atoms with Crippen molar-refractivity contribution in [3.63, 3.8) is 0 Å². The molecule has 2 rings (SSSR count). The van der Waals surface area contributed by atoms with Gasteiger partial charge >= 0.3 is 0 Å². The van der Waals surface area contributed by atoms with Gasteiger partial charge in [0.2, 0.25) is 0 Å². The van der Waals surface area contributed by atoms with Crippen molar-refractivity contribution in [2.24, 2.45) is 11.8 Å². The molecule has 5 heteroatoms. The van der Waals surface area contributed by atoms with Crippen molar-refractivity contribution < 1.29 is 13.0 Å². The van der Waals surface area contributed by atoms with Crippen LogP contribution in [0.3, 0.4) is 0 Å². The van der Waals surface area contributed by atoms with Gasteiger partial charge in [-0.15, -0.1) is 0 Å². The molecule has 2 saturated carbocycles. The fourth-order valence-electron chi connectivity index (χ4n) is 3.37. The van der Waals surface area contributed by atoms with Crippen LogP contribution in [0.15, 0.2) is 0 Å². The highest BCUT2D eigenvalue weighted by atomic mass is 32.2. The van der Waals surface area contributed by atoms with Crippen LogP contribution in [-0.4, -0.2) is 30.8 Å². The number of hydrogen-bond donors (Lipinski definition) is 2. The summed E-state index contributed by atoms with van der Waals surface area (Å²) in [5, 5.41) is 3.53. The molecule has 0 aliphatic heterocycles. The minimum absolute atomic E-state index is 0.127. The summed E-state index contributed by atoms with van der Waals surface area (Å²) in [6.45, 7) is 2.93. The standard InChI is InChI=1S/C11H21NO3S/c1-2-9-4-5-10-8-11(9,10)12-6-3-7-16(13,14)15/h9-10,12H,2-8H2,1H3,(H,13,14,15). The lowest BCUT2D eigenvalue weighted by atomic mass is 9.95. The van der Waals surface area contributed by atoms with E-state index in [0.29, 0.717) is 18.5 Å². The Morgan fingerprint density at radius 1 is 1.44 bits per heavy atom. The molecule has 2 aliphatic rings. The molecule has 0 bridgehead atoms. The van der Waals surface area contributed by atoms with Crippen molar-refractivity contribution in [2.45, 2.75) is 44.6 Å². The van der Waals surface area contributed by atoms with Crippen LogP contribution < -0.4 is 5.32 Å². The van der Waals surface area contributed by atoms with Gasteiger partial charge in [-0.25, -0.2) is 0 Å². The molecule has 16 heavy (non-hydrogen) atoms. The Bertz CT molecular complexity index is 354. The van der Waals surface area contributed by atoms with Crippen molar-refractivity contribution in [3.8, 4) is 0 Å². The van der Waals surface area contributed by atoms with Gasteiger partial charge in [0.1, 0.15) is 0 Å². The van der Waals surface area contributed by atoms with Gasteiger partial charge in [0.15, 0.2) is 0 Å². The fourth-order valence-corrected chi connectivity index (χ4v) is 3.88. The van der Waals surface area contributed by atoms with E-state index in [1.807, 2.05) is 0 Å². The highest BCUT2D eigenvalue weighted by molar-refractivity contribution is 7.85. The maximum Gasteiger partial charge on any atom is 0.264 e. The third-order valence-corrected chi connectivity index (χ3v) is 5.08. The maximum absolute atomic E-state index is 10.6. The average Bonchev–Trinajstić information content (AvgIpc) is 2.80. The van der Waals surface area contributed by atoms with Crippen molar-refractivity contribution in [2.75, 3.05) is 12.3 Å². The molecular formula is C11H21NO3S. The number of rotatable bonds is 6. The van der Waals surface area contributed by atoms with Crippen molar-refractivity contribution in [1.29, 1.82) is 0 Å². The molecule has 4 nitrogen and oxygen atoms in total. The molecule has 0 saturated heterocycles. The van der Waals surface area contributed by atoms with E-state index < -0.39 is 10.1 Å². The molecule has 2 fully saturated rings. The quantitative estimate of drug-likeness (QED) is 0.550. The van der Waals surface area contributed by atoms with Gasteiger partial charge in [-0.3, -0.25) is 4.55 Å². The molecule has 3 atom stereocenters. The van der Waals surface area contributed by atoms with Gasteiger partial charge in [0.25, 0.3) is 10.1 Å². The Kier molecular flexibility index (Phi) is 3.29. The predicted octanol–water partition coefficient (Wildman–Crippen LogP) is 1.43. The molecule has 3 unspecified atom stereocenters. The average molecular weight is 247 g/mol. The van der Waals surface area contributed by atoms with Crippen LogP contribution >= 0.6 is 0 Å². The first-order chi connectivity index (χ1) is 7.48. The summed E-state index contributed by atoms with van der Waals surface area (Å²) in [4.78, 5) is 0. The molecule has 2 aliphatic carbocycles. The first-order valence-corrected chi connectivity index (χ1v) is 7.79. The highest BCUT2D eigenvalue weighted by Gasteiger charge is 2.61. The van der Waals surface area contributed by atoms with E-state index in [1.165, 1.54) is 25.7 Å². The third kappa shape index (κ3) is 2.41. The van der Waals surface area contributed by atoms with Crippen LogP contribution in [-0.2, 0) is 10.1 Å². The van der Waals surface area contributed by atoms with Gasteiger partial charge in [0.05, 0.1) is 5.75 Å². The van der Waals surface area contributed by atoms with Crippen LogP contribution in [0.1, 0.15) is 39.0 Å². The Hall–Kier alpha value is -0.130. The maximum atomic E-state index is 10.6. The summed E-state index contributed by atoms with van der Waals surface area (Å²) in [6.07, 6.45) is 5.61. The van der Waals surface area contributed by atoms with E-state index in [9.17, 15) is 8.42 Å². The highest BCUT2D eigenvalue weighted by Crippen LogP contribution is 2.59. The van der Waals surface area contributed by atoms with Crippen LogP contribution in [0.25, 0.3) is 0 Å². The summed E-state index contributed by atoms with van der Waals surface area (Å²) < 4.78 is 29.8. The summed E-state index contributed by atoms with van der Waals surface area (Å²) >= 11 is 0. The second-order valence-corrected chi connectivity index (χ2v) is 6.76. The molecule has 0 spiro atoms. The van der Waals surface area contributed by atoms with E-state index in [1.54, 1.807) is 0 Å². The summed E-state index contributed by atoms with van der Waals surface area (Å²) in [6, 6.07) is 0. The Morgan fingerprint density at radius 2 is 2.19 bits per heavy atom. The molecule has 0 amide bonds. The molecule has 94 valence electrons. The molecule has 0 aromatic carbocycles. The van der Waals surface area contributed by atoms with Crippen LogP contribution in [0.2, 0.25) is 0 Å². The summed E-state index contributed by atoms with van der Waals surface area (Å²) in [7, 11) is -3.79. The van der Waals surface area contributed by atoms with E-state index in [-0.39, 0.29) is 5.75 Å². The first-order valence-electron chi connectivity index (χ1n) is 6.18. The zero-order valence-corrected chi connectivity index (χ0v) is 10.6. The topological polar surface area (TPSA) is 66.4 Å². The SMILES string of the molecule is CCC1CCC2CC12NCCCS(=O)(=O)O. The second kappa shape index (κ2) is 4.27. The molecule has 2 N–H and O–H groups in total. The number of fused-ring (bicyclic) bond motifs is 1. The Morgan fingerprint density at radius 3 is 2.75 bits per heavy atom. The lowest BCUT2D eigenvalue weighted by Gasteiger charge is -2.23. The minimum atomic E-state index is -3.79. The van der Waals surface area contributed by atoms with Crippen LogP contribution in [0.5, 0.6) is 0 Å². The number of hydrogen-bond acceptors (Lipinski definition) is 3. The van der Waals surface area contributed by atoms with Crippen LogP contribution in [0, 0.1) is 11.8 Å².